The van der Waals surface area contributed by atoms with Gasteiger partial charge in [0.1, 0.15) is 0 Å². The lowest BCUT2D eigenvalue weighted by Gasteiger charge is -2.16. The number of rotatable bonds is 9. The fourth-order valence-electron chi connectivity index (χ4n) is 3.20. The number of amides is 1. The number of hydrogen-bond acceptors (Lipinski definition) is 3. The number of guanidine groups is 1. The van der Waals surface area contributed by atoms with Crippen LogP contribution in [0.4, 0.5) is 0 Å². The zero-order valence-electron chi connectivity index (χ0n) is 16.2. The lowest BCUT2D eigenvalue weighted by atomic mass is 9.90. The summed E-state index contributed by atoms with van der Waals surface area (Å²) in [6.07, 6.45) is 1.68. The molecule has 0 unspecified atom stereocenters. The van der Waals surface area contributed by atoms with Crippen molar-refractivity contribution in [3.05, 3.63) is 93.7 Å². The van der Waals surface area contributed by atoms with Crippen molar-refractivity contribution < 1.29 is 4.79 Å². The van der Waals surface area contributed by atoms with E-state index in [4.69, 9.17) is 11.1 Å². The van der Waals surface area contributed by atoms with Gasteiger partial charge in [-0.15, -0.1) is 11.3 Å². The number of benzene rings is 2. The van der Waals surface area contributed by atoms with E-state index in [9.17, 15) is 4.79 Å². The van der Waals surface area contributed by atoms with E-state index in [-0.39, 0.29) is 17.8 Å². The molecule has 5 nitrogen and oxygen atoms in total. The van der Waals surface area contributed by atoms with E-state index >= 15 is 0 Å². The summed E-state index contributed by atoms with van der Waals surface area (Å²) in [5, 5.41) is 12.9. The average molecular weight is 407 g/mol. The van der Waals surface area contributed by atoms with Gasteiger partial charge in [-0.2, -0.15) is 0 Å². The highest BCUT2D eigenvalue weighted by molar-refractivity contribution is 7.14. The Morgan fingerprint density at radius 1 is 0.862 bits per heavy atom. The number of hydrogen-bond donors (Lipinski definition) is 4. The molecule has 3 rings (SSSR count). The molecule has 3 aromatic rings. The van der Waals surface area contributed by atoms with Crippen LogP contribution in [0.25, 0.3) is 0 Å². The molecule has 6 heteroatoms. The number of thiophene rings is 1. The second-order valence-electron chi connectivity index (χ2n) is 6.76. The van der Waals surface area contributed by atoms with Gasteiger partial charge in [-0.05, 0) is 36.1 Å². The van der Waals surface area contributed by atoms with Gasteiger partial charge in [0, 0.05) is 23.9 Å². The number of carbonyl (C=O) groups is 1. The second-order valence-corrected chi connectivity index (χ2v) is 7.88. The smallest absolute Gasteiger partial charge is 0.261 e. The van der Waals surface area contributed by atoms with Crippen molar-refractivity contribution in [3.63, 3.8) is 0 Å². The van der Waals surface area contributed by atoms with E-state index in [0.29, 0.717) is 13.1 Å². The van der Waals surface area contributed by atoms with Crippen LogP contribution < -0.4 is 16.4 Å². The maximum absolute atomic E-state index is 12.5. The van der Waals surface area contributed by atoms with Gasteiger partial charge in [0.2, 0.25) is 0 Å². The number of nitrogens with two attached hydrogens (primary N) is 1. The van der Waals surface area contributed by atoms with E-state index in [1.165, 1.54) is 11.1 Å². The lowest BCUT2D eigenvalue weighted by Crippen LogP contribution is -2.31. The van der Waals surface area contributed by atoms with Crippen molar-refractivity contribution in [1.82, 2.24) is 10.6 Å². The molecular formula is C23H26N4OS. The molecule has 1 heterocycles. The van der Waals surface area contributed by atoms with Gasteiger partial charge in [-0.25, -0.2) is 0 Å². The summed E-state index contributed by atoms with van der Waals surface area (Å²) < 4.78 is 0. The Hall–Kier alpha value is -3.12. The Bertz CT molecular complexity index is 885. The van der Waals surface area contributed by atoms with Crippen LogP contribution in [-0.2, 0) is 0 Å². The SMILES string of the molecule is N=C(N)NCCCCNC(=O)c1ccc(C(c2ccccc2)c2ccccc2)s1. The maximum atomic E-state index is 12.5. The van der Waals surface area contributed by atoms with Crippen LogP contribution in [0.1, 0.15) is 44.4 Å². The lowest BCUT2D eigenvalue weighted by molar-refractivity contribution is 0.0957. The fourth-order valence-corrected chi connectivity index (χ4v) is 4.29. The van der Waals surface area contributed by atoms with Gasteiger partial charge in [0.15, 0.2) is 5.96 Å². The van der Waals surface area contributed by atoms with Crippen LogP contribution in [-0.4, -0.2) is 25.0 Å². The first kappa shape index (κ1) is 20.6. The van der Waals surface area contributed by atoms with E-state index < -0.39 is 0 Å². The van der Waals surface area contributed by atoms with Gasteiger partial charge in [-0.3, -0.25) is 10.2 Å². The first-order valence-corrected chi connectivity index (χ1v) is 10.5. The zero-order chi connectivity index (χ0) is 20.5. The molecule has 1 aromatic heterocycles. The van der Waals surface area contributed by atoms with Crippen LogP contribution in [0.3, 0.4) is 0 Å². The molecule has 150 valence electrons. The summed E-state index contributed by atoms with van der Waals surface area (Å²) in [7, 11) is 0. The molecular weight excluding hydrogens is 380 g/mol. The van der Waals surface area contributed by atoms with Crippen LogP contribution in [0, 0.1) is 5.41 Å². The Balaban J connectivity index is 1.66. The van der Waals surface area contributed by atoms with E-state index in [2.05, 4.69) is 41.0 Å². The highest BCUT2D eigenvalue weighted by Crippen LogP contribution is 2.35. The largest absolute Gasteiger partial charge is 0.370 e. The minimum Gasteiger partial charge on any atom is -0.370 e. The first-order valence-electron chi connectivity index (χ1n) is 9.71. The van der Waals surface area contributed by atoms with Crippen molar-refractivity contribution in [2.24, 2.45) is 5.73 Å². The molecule has 0 aliphatic rings. The highest BCUT2D eigenvalue weighted by Gasteiger charge is 2.20. The molecule has 5 N–H and O–H groups in total. The van der Waals surface area contributed by atoms with Gasteiger partial charge in [0.25, 0.3) is 5.91 Å². The third-order valence-electron chi connectivity index (χ3n) is 4.61. The molecule has 29 heavy (non-hydrogen) atoms. The Labute approximate surface area is 175 Å². The van der Waals surface area contributed by atoms with Gasteiger partial charge >= 0.3 is 0 Å². The summed E-state index contributed by atoms with van der Waals surface area (Å²) >= 11 is 1.54. The quantitative estimate of drug-likeness (QED) is 0.247. The standard InChI is InChI=1S/C23H26N4OS/c24-23(25)27-16-8-7-15-26-22(28)20-14-13-19(29-20)21(17-9-3-1-4-10-17)18-11-5-2-6-12-18/h1-6,9-14,21H,7-8,15-16H2,(H,26,28)(H4,24,25,27). The molecule has 0 spiro atoms. The molecule has 0 saturated heterocycles. The van der Waals surface area contributed by atoms with E-state index in [1.54, 1.807) is 11.3 Å². The van der Waals surface area contributed by atoms with Crippen LogP contribution in [0.15, 0.2) is 72.8 Å². The molecule has 0 bridgehead atoms. The molecule has 0 aliphatic carbocycles. The number of carbonyl (C=O) groups excluding carboxylic acids is 1. The topological polar surface area (TPSA) is 91.0 Å². The van der Waals surface area contributed by atoms with E-state index in [0.717, 1.165) is 22.6 Å². The molecule has 0 aliphatic heterocycles. The molecule has 0 fully saturated rings. The number of unbranched alkanes of at least 4 members (excludes halogenated alkanes) is 1. The molecule has 0 radical (unpaired) electrons. The third-order valence-corrected chi connectivity index (χ3v) is 5.75. The average Bonchev–Trinajstić information content (AvgIpc) is 3.22. The van der Waals surface area contributed by atoms with Crippen molar-refractivity contribution in [2.45, 2.75) is 18.8 Å². The highest BCUT2D eigenvalue weighted by atomic mass is 32.1. The molecule has 0 atom stereocenters. The summed E-state index contributed by atoms with van der Waals surface area (Å²) in [5.41, 5.74) is 7.67. The monoisotopic (exact) mass is 406 g/mol. The summed E-state index contributed by atoms with van der Waals surface area (Å²) in [6, 6.07) is 24.7. The second kappa shape index (κ2) is 10.4. The number of nitrogens with one attached hydrogen (secondary N) is 3. The van der Waals surface area contributed by atoms with Gasteiger partial charge in [-0.1, -0.05) is 60.7 Å². The first-order chi connectivity index (χ1) is 14.1. The Morgan fingerprint density at radius 2 is 1.41 bits per heavy atom. The van der Waals surface area contributed by atoms with Crippen molar-refractivity contribution >= 4 is 23.2 Å². The van der Waals surface area contributed by atoms with Crippen LogP contribution >= 0.6 is 11.3 Å². The van der Waals surface area contributed by atoms with Crippen molar-refractivity contribution in [2.75, 3.05) is 13.1 Å². The van der Waals surface area contributed by atoms with Crippen LogP contribution in [0.2, 0.25) is 0 Å². The van der Waals surface area contributed by atoms with Crippen molar-refractivity contribution in [3.8, 4) is 0 Å². The molecule has 2 aromatic carbocycles. The maximum Gasteiger partial charge on any atom is 0.261 e. The van der Waals surface area contributed by atoms with Crippen LogP contribution in [0.5, 0.6) is 0 Å². The third kappa shape index (κ3) is 5.93. The Morgan fingerprint density at radius 3 is 1.97 bits per heavy atom. The normalized spacial score (nSPS) is 10.7. The summed E-state index contributed by atoms with van der Waals surface area (Å²) in [6.45, 7) is 1.25. The van der Waals surface area contributed by atoms with Gasteiger partial charge < -0.3 is 16.4 Å². The van der Waals surface area contributed by atoms with Crippen molar-refractivity contribution in [1.29, 1.82) is 5.41 Å². The predicted molar refractivity (Wildman–Crippen MR) is 120 cm³/mol. The van der Waals surface area contributed by atoms with E-state index in [1.807, 2.05) is 42.5 Å². The summed E-state index contributed by atoms with van der Waals surface area (Å²) in [4.78, 5) is 14.4. The fraction of sp³-hybridized carbons (Fsp3) is 0.217. The molecule has 0 saturated carbocycles. The zero-order valence-corrected chi connectivity index (χ0v) is 17.0. The Kier molecular flexibility index (Phi) is 7.41. The molecule has 1 amide bonds. The predicted octanol–water partition coefficient (Wildman–Crippen LogP) is 3.92. The minimum absolute atomic E-state index is 0.0217. The minimum atomic E-state index is -0.0411. The van der Waals surface area contributed by atoms with Gasteiger partial charge in [0.05, 0.1) is 4.88 Å². The summed E-state index contributed by atoms with van der Waals surface area (Å²) in [5.74, 6) is 0.0498.